The fraction of sp³-hybridized carbons (Fsp3) is 0.417. The maximum atomic E-state index is 11.5. The molecule has 1 atom stereocenters. The summed E-state index contributed by atoms with van der Waals surface area (Å²) in [6.45, 7) is 4.53. The van der Waals surface area contributed by atoms with E-state index >= 15 is 0 Å². The highest BCUT2D eigenvalue weighted by atomic mass is 16.1. The maximum Gasteiger partial charge on any atom is 0.224 e. The lowest BCUT2D eigenvalue weighted by atomic mass is 10.1. The van der Waals surface area contributed by atoms with Crippen molar-refractivity contribution in [1.82, 2.24) is 0 Å². The number of hydrogen-bond donors (Lipinski definition) is 2. The van der Waals surface area contributed by atoms with Gasteiger partial charge in [0.2, 0.25) is 5.91 Å². The summed E-state index contributed by atoms with van der Waals surface area (Å²) in [7, 11) is 0. The zero-order chi connectivity index (χ0) is 11.3. The molecule has 0 bridgehead atoms. The average Bonchev–Trinajstić information content (AvgIpc) is 2.21. The van der Waals surface area contributed by atoms with Gasteiger partial charge < -0.3 is 11.1 Å². The normalized spacial score (nSPS) is 12.2. The number of carbonyl (C=O) groups excluding carboxylic acids is 1. The van der Waals surface area contributed by atoms with E-state index in [0.717, 1.165) is 5.69 Å². The van der Waals surface area contributed by atoms with E-state index in [2.05, 4.69) is 5.32 Å². The number of nitrogens with one attached hydrogen (secondary N) is 1. The third kappa shape index (κ3) is 4.13. The molecule has 0 saturated heterocycles. The summed E-state index contributed by atoms with van der Waals surface area (Å²) in [6.07, 6.45) is 0.477. The second-order valence-electron chi connectivity index (χ2n) is 3.96. The van der Waals surface area contributed by atoms with E-state index in [1.807, 2.05) is 38.1 Å². The molecule has 0 spiro atoms. The number of aryl methyl sites for hydroxylation is 1. The van der Waals surface area contributed by atoms with E-state index in [4.69, 9.17) is 5.73 Å². The van der Waals surface area contributed by atoms with Gasteiger partial charge in [-0.05, 0) is 31.5 Å². The highest BCUT2D eigenvalue weighted by Gasteiger charge is 2.07. The molecule has 3 nitrogen and oxygen atoms in total. The Balaban J connectivity index is 2.48. The van der Waals surface area contributed by atoms with Crippen molar-refractivity contribution in [2.45, 2.75) is 20.3 Å². The van der Waals surface area contributed by atoms with Crippen LogP contribution in [0.5, 0.6) is 0 Å². The number of anilines is 1. The van der Waals surface area contributed by atoms with Crippen LogP contribution in [0, 0.1) is 12.8 Å². The first kappa shape index (κ1) is 11.7. The van der Waals surface area contributed by atoms with E-state index in [1.165, 1.54) is 5.56 Å². The number of carbonyl (C=O) groups is 1. The Bertz CT molecular complexity index is 319. The molecule has 3 heteroatoms. The molecular weight excluding hydrogens is 188 g/mol. The molecule has 0 heterocycles. The summed E-state index contributed by atoms with van der Waals surface area (Å²) in [4.78, 5) is 11.5. The van der Waals surface area contributed by atoms with Crippen LogP contribution in [0.1, 0.15) is 18.9 Å². The summed E-state index contributed by atoms with van der Waals surface area (Å²) in [6, 6.07) is 7.75. The van der Waals surface area contributed by atoms with Gasteiger partial charge in [0, 0.05) is 12.1 Å². The van der Waals surface area contributed by atoms with Gasteiger partial charge in [0.15, 0.2) is 0 Å². The summed E-state index contributed by atoms with van der Waals surface area (Å²) in [5.74, 6) is 0.257. The number of amides is 1. The third-order valence-corrected chi connectivity index (χ3v) is 2.27. The van der Waals surface area contributed by atoms with Crippen LogP contribution in [-0.4, -0.2) is 12.5 Å². The molecule has 0 radical (unpaired) electrons. The molecule has 0 saturated carbocycles. The quantitative estimate of drug-likeness (QED) is 0.790. The van der Waals surface area contributed by atoms with Crippen LogP contribution in [0.15, 0.2) is 24.3 Å². The van der Waals surface area contributed by atoms with Crippen molar-refractivity contribution in [3.05, 3.63) is 29.8 Å². The molecule has 1 rings (SSSR count). The van der Waals surface area contributed by atoms with Crippen LogP contribution in [0.25, 0.3) is 0 Å². The molecule has 1 unspecified atom stereocenters. The van der Waals surface area contributed by atoms with Crippen molar-refractivity contribution in [3.8, 4) is 0 Å². The number of rotatable bonds is 4. The zero-order valence-corrected chi connectivity index (χ0v) is 9.29. The van der Waals surface area contributed by atoms with E-state index in [9.17, 15) is 4.79 Å². The molecule has 1 aromatic carbocycles. The average molecular weight is 206 g/mol. The minimum Gasteiger partial charge on any atom is -0.330 e. The van der Waals surface area contributed by atoms with Crippen LogP contribution in [0.2, 0.25) is 0 Å². The second-order valence-corrected chi connectivity index (χ2v) is 3.96. The summed E-state index contributed by atoms with van der Waals surface area (Å²) < 4.78 is 0. The Morgan fingerprint density at radius 1 is 1.40 bits per heavy atom. The molecule has 3 N–H and O–H groups in total. The Labute approximate surface area is 90.7 Å². The van der Waals surface area contributed by atoms with E-state index in [0.29, 0.717) is 13.0 Å². The van der Waals surface area contributed by atoms with Crippen LogP contribution >= 0.6 is 0 Å². The minimum atomic E-state index is 0.0248. The molecule has 0 aliphatic heterocycles. The summed E-state index contributed by atoms with van der Waals surface area (Å²) in [5.41, 5.74) is 7.48. The molecule has 0 fully saturated rings. The number of hydrogen-bond acceptors (Lipinski definition) is 2. The van der Waals surface area contributed by atoms with Crippen molar-refractivity contribution in [2.75, 3.05) is 11.9 Å². The van der Waals surface area contributed by atoms with Crippen LogP contribution in [0.3, 0.4) is 0 Å². The molecular formula is C12H18N2O. The van der Waals surface area contributed by atoms with Crippen molar-refractivity contribution in [1.29, 1.82) is 0 Å². The SMILES string of the molecule is Cc1ccc(NC(=O)CC(C)CN)cc1. The predicted octanol–water partition coefficient (Wildman–Crippen LogP) is 1.92. The fourth-order valence-electron chi connectivity index (χ4n) is 1.25. The molecule has 0 aliphatic rings. The number of benzene rings is 1. The highest BCUT2D eigenvalue weighted by Crippen LogP contribution is 2.10. The van der Waals surface area contributed by atoms with Gasteiger partial charge in [-0.15, -0.1) is 0 Å². The van der Waals surface area contributed by atoms with Crippen LogP contribution in [-0.2, 0) is 4.79 Å². The lowest BCUT2D eigenvalue weighted by Crippen LogP contribution is -2.19. The molecule has 0 aliphatic carbocycles. The van der Waals surface area contributed by atoms with Gasteiger partial charge in [0.25, 0.3) is 0 Å². The van der Waals surface area contributed by atoms with Gasteiger partial charge in [0.1, 0.15) is 0 Å². The lowest BCUT2D eigenvalue weighted by Gasteiger charge is -2.09. The Kier molecular flexibility index (Phi) is 4.31. The van der Waals surface area contributed by atoms with Crippen molar-refractivity contribution < 1.29 is 4.79 Å². The largest absolute Gasteiger partial charge is 0.330 e. The predicted molar refractivity (Wildman–Crippen MR) is 62.6 cm³/mol. The van der Waals surface area contributed by atoms with Gasteiger partial charge in [-0.2, -0.15) is 0 Å². The van der Waals surface area contributed by atoms with Gasteiger partial charge in [-0.1, -0.05) is 24.6 Å². The lowest BCUT2D eigenvalue weighted by molar-refractivity contribution is -0.116. The molecule has 15 heavy (non-hydrogen) atoms. The molecule has 1 aromatic rings. The van der Waals surface area contributed by atoms with Crippen molar-refractivity contribution >= 4 is 11.6 Å². The van der Waals surface area contributed by atoms with Crippen molar-refractivity contribution in [2.24, 2.45) is 11.7 Å². The second kappa shape index (κ2) is 5.51. The first-order valence-electron chi connectivity index (χ1n) is 5.18. The summed E-state index contributed by atoms with van der Waals surface area (Å²) in [5, 5.41) is 2.84. The summed E-state index contributed by atoms with van der Waals surface area (Å²) >= 11 is 0. The van der Waals surface area contributed by atoms with Crippen molar-refractivity contribution in [3.63, 3.8) is 0 Å². The first-order chi connectivity index (χ1) is 7.11. The van der Waals surface area contributed by atoms with E-state index in [-0.39, 0.29) is 11.8 Å². The van der Waals surface area contributed by atoms with E-state index in [1.54, 1.807) is 0 Å². The zero-order valence-electron chi connectivity index (χ0n) is 9.29. The maximum absolute atomic E-state index is 11.5. The van der Waals surface area contributed by atoms with Crippen LogP contribution in [0.4, 0.5) is 5.69 Å². The fourth-order valence-corrected chi connectivity index (χ4v) is 1.25. The number of nitrogens with two attached hydrogens (primary N) is 1. The first-order valence-corrected chi connectivity index (χ1v) is 5.18. The molecule has 0 aromatic heterocycles. The van der Waals surface area contributed by atoms with Crippen LogP contribution < -0.4 is 11.1 Å². The van der Waals surface area contributed by atoms with Gasteiger partial charge in [-0.25, -0.2) is 0 Å². The van der Waals surface area contributed by atoms with Gasteiger partial charge in [-0.3, -0.25) is 4.79 Å². The van der Waals surface area contributed by atoms with E-state index < -0.39 is 0 Å². The molecule has 82 valence electrons. The van der Waals surface area contributed by atoms with Gasteiger partial charge in [0.05, 0.1) is 0 Å². The van der Waals surface area contributed by atoms with Gasteiger partial charge >= 0.3 is 0 Å². The Hall–Kier alpha value is -1.35. The highest BCUT2D eigenvalue weighted by molar-refractivity contribution is 5.90. The minimum absolute atomic E-state index is 0.0248. The Morgan fingerprint density at radius 3 is 2.53 bits per heavy atom. The third-order valence-electron chi connectivity index (χ3n) is 2.27. The molecule has 1 amide bonds. The Morgan fingerprint density at radius 2 is 2.00 bits per heavy atom. The topological polar surface area (TPSA) is 55.1 Å². The monoisotopic (exact) mass is 206 g/mol. The standard InChI is InChI=1S/C12H18N2O/c1-9-3-5-11(6-4-9)14-12(15)7-10(2)8-13/h3-6,10H,7-8,13H2,1-2H3,(H,14,15). The smallest absolute Gasteiger partial charge is 0.224 e.